The predicted molar refractivity (Wildman–Crippen MR) is 77.9 cm³/mol. The van der Waals surface area contributed by atoms with Crippen molar-refractivity contribution in [2.45, 2.75) is 45.1 Å². The van der Waals surface area contributed by atoms with E-state index in [-0.39, 0.29) is 35.6 Å². The maximum atomic E-state index is 12.6. The third-order valence-corrected chi connectivity index (χ3v) is 5.10. The van der Waals surface area contributed by atoms with Gasteiger partial charge in [0.25, 0.3) is 0 Å². The topological polar surface area (TPSA) is 75.4 Å². The molecule has 0 bridgehead atoms. The lowest BCUT2D eigenvalue weighted by Crippen LogP contribution is -2.49. The van der Waals surface area contributed by atoms with Crippen molar-refractivity contribution in [3.05, 3.63) is 0 Å². The van der Waals surface area contributed by atoms with E-state index in [4.69, 9.17) is 5.73 Å². The zero-order valence-corrected chi connectivity index (χ0v) is 12.6. The molecule has 3 N–H and O–H groups in total. The maximum absolute atomic E-state index is 12.6. The van der Waals surface area contributed by atoms with Gasteiger partial charge in [-0.3, -0.25) is 9.59 Å². The number of nitrogens with one attached hydrogen (secondary N) is 1. The Hall–Kier alpha value is -1.10. The number of hydrogen-bond donors (Lipinski definition) is 2. The molecule has 5 heteroatoms. The summed E-state index contributed by atoms with van der Waals surface area (Å²) in [5.74, 6) is 0.770. The molecule has 2 aliphatic rings. The molecule has 1 aliphatic carbocycles. The van der Waals surface area contributed by atoms with Crippen molar-refractivity contribution in [2.75, 3.05) is 20.1 Å². The second-order valence-corrected chi connectivity index (χ2v) is 6.27. The van der Waals surface area contributed by atoms with Crippen molar-refractivity contribution in [2.24, 2.45) is 23.5 Å². The van der Waals surface area contributed by atoms with E-state index in [0.29, 0.717) is 13.1 Å². The summed E-state index contributed by atoms with van der Waals surface area (Å²) in [5.41, 5.74) is 6.09. The first kappa shape index (κ1) is 15.3. The SMILES string of the molecule is CNC(=O)C1CCN(C(=O)C2CCCC(N)C2C)CC1. The van der Waals surface area contributed by atoms with E-state index >= 15 is 0 Å². The van der Waals surface area contributed by atoms with Crippen LogP contribution >= 0.6 is 0 Å². The van der Waals surface area contributed by atoms with Crippen LogP contribution in [0.3, 0.4) is 0 Å². The summed E-state index contributed by atoms with van der Waals surface area (Å²) in [5, 5.41) is 2.70. The molecule has 2 fully saturated rings. The molecular weight excluding hydrogens is 254 g/mol. The van der Waals surface area contributed by atoms with Gasteiger partial charge in [-0.15, -0.1) is 0 Å². The molecule has 0 radical (unpaired) electrons. The van der Waals surface area contributed by atoms with Gasteiger partial charge >= 0.3 is 0 Å². The van der Waals surface area contributed by atoms with E-state index < -0.39 is 0 Å². The fourth-order valence-corrected chi connectivity index (χ4v) is 3.55. The standard InChI is InChI=1S/C15H27N3O2/c1-10-12(4-3-5-13(10)16)15(20)18-8-6-11(7-9-18)14(19)17-2/h10-13H,3-9,16H2,1-2H3,(H,17,19). The van der Waals surface area contributed by atoms with Crippen molar-refractivity contribution < 1.29 is 9.59 Å². The van der Waals surface area contributed by atoms with Crippen molar-refractivity contribution in [3.63, 3.8) is 0 Å². The second-order valence-electron chi connectivity index (χ2n) is 6.27. The highest BCUT2D eigenvalue weighted by atomic mass is 16.2. The van der Waals surface area contributed by atoms with Gasteiger partial charge < -0.3 is 16.0 Å². The normalized spacial score (nSPS) is 31.9. The fraction of sp³-hybridized carbons (Fsp3) is 0.867. The summed E-state index contributed by atoms with van der Waals surface area (Å²) in [6, 6.07) is 0.154. The van der Waals surface area contributed by atoms with Gasteiger partial charge in [0.2, 0.25) is 11.8 Å². The lowest BCUT2D eigenvalue weighted by atomic mass is 9.76. The molecule has 1 heterocycles. The first-order valence-electron chi connectivity index (χ1n) is 7.80. The van der Waals surface area contributed by atoms with Gasteiger partial charge in [-0.05, 0) is 31.6 Å². The van der Waals surface area contributed by atoms with E-state index in [9.17, 15) is 9.59 Å². The number of rotatable bonds is 2. The number of carbonyl (C=O) groups is 2. The molecule has 1 aliphatic heterocycles. The summed E-state index contributed by atoms with van der Waals surface area (Å²) in [7, 11) is 1.67. The maximum Gasteiger partial charge on any atom is 0.226 e. The van der Waals surface area contributed by atoms with Gasteiger partial charge in [0, 0.05) is 38.0 Å². The number of nitrogens with two attached hydrogens (primary N) is 1. The Labute approximate surface area is 121 Å². The smallest absolute Gasteiger partial charge is 0.226 e. The molecular formula is C15H27N3O2. The van der Waals surface area contributed by atoms with Crippen LogP contribution in [0, 0.1) is 17.8 Å². The van der Waals surface area contributed by atoms with E-state index in [1.165, 1.54) is 0 Å². The van der Waals surface area contributed by atoms with Crippen LogP contribution < -0.4 is 11.1 Å². The Morgan fingerprint density at radius 3 is 2.40 bits per heavy atom. The molecule has 0 aromatic rings. The largest absolute Gasteiger partial charge is 0.359 e. The summed E-state index contributed by atoms with van der Waals surface area (Å²) in [4.78, 5) is 26.2. The van der Waals surface area contributed by atoms with Crippen LogP contribution in [0.15, 0.2) is 0 Å². The highest BCUT2D eigenvalue weighted by Crippen LogP contribution is 2.31. The zero-order valence-electron chi connectivity index (χ0n) is 12.6. The quantitative estimate of drug-likeness (QED) is 0.783. The molecule has 3 atom stereocenters. The van der Waals surface area contributed by atoms with Gasteiger partial charge in [0.1, 0.15) is 0 Å². The predicted octanol–water partition coefficient (Wildman–Crippen LogP) is 0.735. The lowest BCUT2D eigenvalue weighted by molar-refractivity contribution is -0.141. The monoisotopic (exact) mass is 281 g/mol. The number of amides is 2. The van der Waals surface area contributed by atoms with Crippen molar-refractivity contribution in [1.82, 2.24) is 10.2 Å². The lowest BCUT2D eigenvalue weighted by Gasteiger charge is -2.38. The molecule has 5 nitrogen and oxygen atoms in total. The van der Waals surface area contributed by atoms with Gasteiger partial charge in [-0.2, -0.15) is 0 Å². The van der Waals surface area contributed by atoms with E-state index in [1.807, 2.05) is 4.90 Å². The third-order valence-electron chi connectivity index (χ3n) is 5.10. The van der Waals surface area contributed by atoms with E-state index in [2.05, 4.69) is 12.2 Å². The van der Waals surface area contributed by atoms with Gasteiger partial charge in [0.15, 0.2) is 0 Å². The molecule has 20 heavy (non-hydrogen) atoms. The van der Waals surface area contributed by atoms with E-state index in [0.717, 1.165) is 32.1 Å². The fourth-order valence-electron chi connectivity index (χ4n) is 3.55. The molecule has 0 aromatic carbocycles. The average Bonchev–Trinajstić information content (AvgIpc) is 2.48. The van der Waals surface area contributed by atoms with Crippen LogP contribution in [0.5, 0.6) is 0 Å². The Balaban J connectivity index is 1.90. The number of likely N-dealkylation sites (tertiary alicyclic amines) is 1. The summed E-state index contributed by atoms with van der Waals surface area (Å²) in [6.07, 6.45) is 4.60. The van der Waals surface area contributed by atoms with Crippen molar-refractivity contribution >= 4 is 11.8 Å². The minimum absolute atomic E-state index is 0.0649. The molecule has 1 saturated heterocycles. The van der Waals surface area contributed by atoms with Crippen LogP contribution in [0.25, 0.3) is 0 Å². The molecule has 2 rings (SSSR count). The Kier molecular flexibility index (Phi) is 5.02. The van der Waals surface area contributed by atoms with Crippen LogP contribution in [-0.4, -0.2) is 42.9 Å². The summed E-state index contributed by atoms with van der Waals surface area (Å²) >= 11 is 0. The average molecular weight is 281 g/mol. The minimum Gasteiger partial charge on any atom is -0.359 e. The van der Waals surface area contributed by atoms with Gasteiger partial charge in [-0.25, -0.2) is 0 Å². The molecule has 0 spiro atoms. The van der Waals surface area contributed by atoms with Crippen LogP contribution in [0.2, 0.25) is 0 Å². The Morgan fingerprint density at radius 1 is 1.15 bits per heavy atom. The van der Waals surface area contributed by atoms with Crippen LogP contribution in [0.4, 0.5) is 0 Å². The number of nitrogens with zero attached hydrogens (tertiary/aromatic N) is 1. The summed E-state index contributed by atoms with van der Waals surface area (Å²) < 4.78 is 0. The molecule has 2 amide bonds. The number of carbonyl (C=O) groups excluding carboxylic acids is 2. The Bertz CT molecular complexity index is 364. The van der Waals surface area contributed by atoms with Crippen molar-refractivity contribution in [3.8, 4) is 0 Å². The number of piperidine rings is 1. The third kappa shape index (κ3) is 3.14. The van der Waals surface area contributed by atoms with Crippen LogP contribution in [0.1, 0.15) is 39.0 Å². The van der Waals surface area contributed by atoms with Crippen molar-refractivity contribution in [1.29, 1.82) is 0 Å². The van der Waals surface area contributed by atoms with Gasteiger partial charge in [0.05, 0.1) is 0 Å². The van der Waals surface area contributed by atoms with Crippen LogP contribution in [-0.2, 0) is 9.59 Å². The zero-order chi connectivity index (χ0) is 14.7. The molecule has 0 aromatic heterocycles. The number of hydrogen-bond acceptors (Lipinski definition) is 3. The van der Waals surface area contributed by atoms with E-state index in [1.54, 1.807) is 7.05 Å². The Morgan fingerprint density at radius 2 is 1.80 bits per heavy atom. The first-order valence-corrected chi connectivity index (χ1v) is 7.80. The second kappa shape index (κ2) is 6.57. The summed E-state index contributed by atoms with van der Waals surface area (Å²) in [6.45, 7) is 3.51. The molecule has 3 unspecified atom stereocenters. The van der Waals surface area contributed by atoms with Gasteiger partial charge in [-0.1, -0.05) is 13.3 Å². The minimum atomic E-state index is 0.0649. The highest BCUT2D eigenvalue weighted by Gasteiger charge is 2.36. The highest BCUT2D eigenvalue weighted by molar-refractivity contribution is 5.81. The molecule has 114 valence electrons. The first-order chi connectivity index (χ1) is 9.54. The molecule has 1 saturated carbocycles.